The minimum Gasteiger partial charge on any atom is -0.494 e. The van der Waals surface area contributed by atoms with Gasteiger partial charge in [0.05, 0.1) is 7.11 Å². The lowest BCUT2D eigenvalue weighted by atomic mass is 9.98. The third kappa shape index (κ3) is 3.49. The van der Waals surface area contributed by atoms with Crippen LogP contribution in [-0.2, 0) is 6.42 Å². The van der Waals surface area contributed by atoms with Crippen LogP contribution in [0.1, 0.15) is 25.8 Å². The first-order chi connectivity index (χ1) is 7.54. The number of halogens is 1. The van der Waals surface area contributed by atoms with E-state index in [2.05, 4.69) is 13.8 Å². The van der Waals surface area contributed by atoms with Crippen molar-refractivity contribution in [2.24, 2.45) is 11.7 Å². The Morgan fingerprint density at radius 3 is 2.62 bits per heavy atom. The highest BCUT2D eigenvalue weighted by atomic mass is 19.1. The van der Waals surface area contributed by atoms with Crippen LogP contribution in [0.3, 0.4) is 0 Å². The summed E-state index contributed by atoms with van der Waals surface area (Å²) in [6, 6.07) is 5.17. The predicted molar refractivity (Wildman–Crippen MR) is 64.1 cm³/mol. The fourth-order valence-corrected chi connectivity index (χ4v) is 1.84. The first kappa shape index (κ1) is 13.0. The van der Waals surface area contributed by atoms with Crippen LogP contribution in [0.5, 0.6) is 5.75 Å². The molecule has 0 aliphatic heterocycles. The smallest absolute Gasteiger partial charge is 0.168 e. The maximum absolute atomic E-state index is 13.8. The van der Waals surface area contributed by atoms with Gasteiger partial charge in [-0.15, -0.1) is 0 Å². The van der Waals surface area contributed by atoms with Crippen molar-refractivity contribution >= 4 is 0 Å². The molecule has 0 aliphatic rings. The van der Waals surface area contributed by atoms with E-state index in [1.54, 1.807) is 18.2 Å². The number of benzene rings is 1. The summed E-state index contributed by atoms with van der Waals surface area (Å²) in [5, 5.41) is 0. The molecular formula is C13H20FNO. The van der Waals surface area contributed by atoms with Crippen LogP contribution in [0.4, 0.5) is 4.39 Å². The zero-order chi connectivity index (χ0) is 12.1. The number of hydrogen-bond acceptors (Lipinski definition) is 2. The van der Waals surface area contributed by atoms with Crippen LogP contribution in [0.15, 0.2) is 18.2 Å². The number of ether oxygens (including phenoxy) is 1. The Hall–Kier alpha value is -1.09. The van der Waals surface area contributed by atoms with Crippen LogP contribution in [-0.4, -0.2) is 13.2 Å². The molecule has 90 valence electrons. The van der Waals surface area contributed by atoms with Gasteiger partial charge in [0.15, 0.2) is 11.6 Å². The molecule has 0 aliphatic carbocycles. The van der Waals surface area contributed by atoms with E-state index >= 15 is 0 Å². The van der Waals surface area contributed by atoms with Crippen LogP contribution in [0, 0.1) is 11.7 Å². The molecule has 0 aromatic heterocycles. The monoisotopic (exact) mass is 225 g/mol. The van der Waals surface area contributed by atoms with E-state index in [0.717, 1.165) is 6.42 Å². The van der Waals surface area contributed by atoms with Crippen molar-refractivity contribution in [3.8, 4) is 5.75 Å². The summed E-state index contributed by atoms with van der Waals surface area (Å²) in [5.41, 5.74) is 6.59. The van der Waals surface area contributed by atoms with E-state index in [9.17, 15) is 4.39 Å². The third-order valence-corrected chi connectivity index (χ3v) is 2.52. The minimum absolute atomic E-state index is 0.00149. The summed E-state index contributed by atoms with van der Waals surface area (Å²) in [4.78, 5) is 0. The maximum Gasteiger partial charge on any atom is 0.168 e. The van der Waals surface area contributed by atoms with Crippen molar-refractivity contribution in [1.82, 2.24) is 0 Å². The molecule has 1 unspecified atom stereocenters. The molecule has 0 heterocycles. The molecule has 0 saturated carbocycles. The van der Waals surface area contributed by atoms with Crippen molar-refractivity contribution in [3.63, 3.8) is 0 Å². The second-order valence-electron chi connectivity index (χ2n) is 4.53. The van der Waals surface area contributed by atoms with Gasteiger partial charge in [0, 0.05) is 6.04 Å². The lowest BCUT2D eigenvalue weighted by Crippen LogP contribution is -2.25. The number of hydrogen-bond donors (Lipinski definition) is 1. The van der Waals surface area contributed by atoms with Crippen molar-refractivity contribution in [2.45, 2.75) is 32.7 Å². The van der Waals surface area contributed by atoms with Gasteiger partial charge in [0.2, 0.25) is 0 Å². The molecule has 0 fully saturated rings. The van der Waals surface area contributed by atoms with Gasteiger partial charge in [-0.3, -0.25) is 0 Å². The Bertz CT molecular complexity index is 339. The average Bonchev–Trinajstić information content (AvgIpc) is 2.20. The van der Waals surface area contributed by atoms with E-state index in [1.165, 1.54) is 7.11 Å². The van der Waals surface area contributed by atoms with Crippen LogP contribution in [0.2, 0.25) is 0 Å². The van der Waals surface area contributed by atoms with E-state index in [4.69, 9.17) is 10.5 Å². The van der Waals surface area contributed by atoms with Crippen molar-refractivity contribution < 1.29 is 9.13 Å². The fourth-order valence-electron chi connectivity index (χ4n) is 1.84. The predicted octanol–water partition coefficient (Wildman–Crippen LogP) is 2.75. The fraction of sp³-hybridized carbons (Fsp3) is 0.538. The summed E-state index contributed by atoms with van der Waals surface area (Å²) in [6.07, 6.45) is 1.46. The van der Waals surface area contributed by atoms with Gasteiger partial charge in [0.25, 0.3) is 0 Å². The largest absolute Gasteiger partial charge is 0.494 e. The summed E-state index contributed by atoms with van der Waals surface area (Å²) >= 11 is 0. The molecule has 2 nitrogen and oxygen atoms in total. The second kappa shape index (κ2) is 5.85. The molecule has 0 radical (unpaired) electrons. The molecule has 1 aromatic rings. The van der Waals surface area contributed by atoms with E-state index < -0.39 is 0 Å². The van der Waals surface area contributed by atoms with Gasteiger partial charge < -0.3 is 10.5 Å². The van der Waals surface area contributed by atoms with Crippen LogP contribution >= 0.6 is 0 Å². The zero-order valence-electron chi connectivity index (χ0n) is 10.2. The molecule has 1 atom stereocenters. The van der Waals surface area contributed by atoms with E-state index in [-0.39, 0.29) is 17.6 Å². The number of methoxy groups -OCH3 is 1. The summed E-state index contributed by atoms with van der Waals surface area (Å²) in [5.74, 6) is 0.530. The normalized spacial score (nSPS) is 12.9. The highest BCUT2D eigenvalue weighted by Gasteiger charge is 2.12. The van der Waals surface area contributed by atoms with Gasteiger partial charge >= 0.3 is 0 Å². The summed E-state index contributed by atoms with van der Waals surface area (Å²) in [6.45, 7) is 4.23. The van der Waals surface area contributed by atoms with Gasteiger partial charge in [-0.25, -0.2) is 4.39 Å². The van der Waals surface area contributed by atoms with Gasteiger partial charge in [-0.05, 0) is 30.4 Å². The van der Waals surface area contributed by atoms with Crippen molar-refractivity contribution in [2.75, 3.05) is 7.11 Å². The Morgan fingerprint density at radius 1 is 1.38 bits per heavy atom. The van der Waals surface area contributed by atoms with E-state index in [0.29, 0.717) is 17.9 Å². The molecule has 3 heteroatoms. The Balaban J connectivity index is 2.73. The molecule has 0 bridgehead atoms. The number of rotatable bonds is 5. The lowest BCUT2D eigenvalue weighted by Gasteiger charge is -2.15. The van der Waals surface area contributed by atoms with Crippen LogP contribution < -0.4 is 10.5 Å². The van der Waals surface area contributed by atoms with Gasteiger partial charge in [-0.2, -0.15) is 0 Å². The van der Waals surface area contributed by atoms with Crippen molar-refractivity contribution in [1.29, 1.82) is 0 Å². The van der Waals surface area contributed by atoms with Crippen molar-refractivity contribution in [3.05, 3.63) is 29.6 Å². The Morgan fingerprint density at radius 2 is 2.06 bits per heavy atom. The highest BCUT2D eigenvalue weighted by Crippen LogP contribution is 2.21. The molecular weight excluding hydrogens is 205 g/mol. The average molecular weight is 225 g/mol. The molecule has 0 spiro atoms. The minimum atomic E-state index is -0.288. The van der Waals surface area contributed by atoms with Crippen LogP contribution in [0.25, 0.3) is 0 Å². The van der Waals surface area contributed by atoms with Gasteiger partial charge in [0.1, 0.15) is 0 Å². The summed E-state index contributed by atoms with van der Waals surface area (Å²) in [7, 11) is 1.47. The van der Waals surface area contributed by atoms with Gasteiger partial charge in [-0.1, -0.05) is 26.0 Å². The molecule has 16 heavy (non-hydrogen) atoms. The standard InChI is InChI=1S/C13H20FNO/c1-9(2)7-11(15)8-10-5-4-6-12(16-3)13(10)14/h4-6,9,11H,7-8,15H2,1-3H3. The summed E-state index contributed by atoms with van der Waals surface area (Å²) < 4.78 is 18.7. The first-order valence-corrected chi connectivity index (χ1v) is 5.61. The number of nitrogens with two attached hydrogens (primary N) is 1. The quantitative estimate of drug-likeness (QED) is 0.836. The second-order valence-corrected chi connectivity index (χ2v) is 4.53. The van der Waals surface area contributed by atoms with E-state index in [1.807, 2.05) is 0 Å². The SMILES string of the molecule is COc1cccc(CC(N)CC(C)C)c1F. The zero-order valence-corrected chi connectivity index (χ0v) is 10.2. The highest BCUT2D eigenvalue weighted by molar-refractivity contribution is 5.31. The Kier molecular flexibility index (Phi) is 4.74. The molecule has 1 rings (SSSR count). The lowest BCUT2D eigenvalue weighted by molar-refractivity contribution is 0.382. The first-order valence-electron chi connectivity index (χ1n) is 5.61. The molecule has 1 aromatic carbocycles. The maximum atomic E-state index is 13.8. The topological polar surface area (TPSA) is 35.2 Å². The molecule has 0 saturated heterocycles. The Labute approximate surface area is 96.6 Å². The molecule has 0 amide bonds. The third-order valence-electron chi connectivity index (χ3n) is 2.52. The molecule has 2 N–H and O–H groups in total.